The first-order chi connectivity index (χ1) is 3.95. The smallest absolute Gasteiger partial charge is 0.00203 e. The monoisotopic (exact) mass is 147 g/mol. The van der Waals surface area contributed by atoms with Crippen LogP contribution in [-0.4, -0.2) is 13.1 Å². The van der Waals surface area contributed by atoms with Gasteiger partial charge in [-0.2, -0.15) is 0 Å². The van der Waals surface area contributed by atoms with Crippen LogP contribution in [0.5, 0.6) is 0 Å². The molecule has 0 aromatic heterocycles. The van der Waals surface area contributed by atoms with E-state index in [0.717, 1.165) is 11.8 Å². The normalized spacial score (nSPS) is 40.0. The lowest BCUT2D eigenvalue weighted by Crippen LogP contribution is -2.30. The van der Waals surface area contributed by atoms with Gasteiger partial charge in [-0.05, 0) is 44.2 Å². The van der Waals surface area contributed by atoms with Crippen LogP contribution in [0.1, 0.15) is 19.3 Å². The molecule has 0 unspecified atom stereocenters. The SMILES string of the molecule is C1C[C@H]2CNC[C@@H]1C2.Cl. The third kappa shape index (κ3) is 1.39. The van der Waals surface area contributed by atoms with Crippen molar-refractivity contribution in [2.24, 2.45) is 11.8 Å². The lowest BCUT2D eigenvalue weighted by molar-refractivity contribution is 0.379. The van der Waals surface area contributed by atoms with Crippen molar-refractivity contribution in [2.45, 2.75) is 19.3 Å². The van der Waals surface area contributed by atoms with Crippen LogP contribution >= 0.6 is 12.4 Å². The molecule has 1 aliphatic carbocycles. The van der Waals surface area contributed by atoms with Crippen molar-refractivity contribution in [3.05, 3.63) is 0 Å². The predicted octanol–water partition coefficient (Wildman–Crippen LogP) is 1.43. The molecular weight excluding hydrogens is 134 g/mol. The molecule has 0 amide bonds. The minimum atomic E-state index is 0. The molecule has 0 radical (unpaired) electrons. The summed E-state index contributed by atoms with van der Waals surface area (Å²) in [5.74, 6) is 2.10. The molecule has 54 valence electrons. The van der Waals surface area contributed by atoms with Gasteiger partial charge >= 0.3 is 0 Å². The van der Waals surface area contributed by atoms with E-state index in [9.17, 15) is 0 Å². The van der Waals surface area contributed by atoms with Crippen molar-refractivity contribution < 1.29 is 0 Å². The average molecular weight is 148 g/mol. The van der Waals surface area contributed by atoms with Crippen molar-refractivity contribution in [3.63, 3.8) is 0 Å². The Balaban J connectivity index is 0.000000405. The van der Waals surface area contributed by atoms with Gasteiger partial charge in [0.1, 0.15) is 0 Å². The van der Waals surface area contributed by atoms with E-state index >= 15 is 0 Å². The van der Waals surface area contributed by atoms with Crippen LogP contribution < -0.4 is 5.32 Å². The molecule has 2 aliphatic rings. The number of halogens is 1. The van der Waals surface area contributed by atoms with E-state index < -0.39 is 0 Å². The number of rotatable bonds is 0. The fourth-order valence-electron chi connectivity index (χ4n) is 2.04. The van der Waals surface area contributed by atoms with Gasteiger partial charge in [0.15, 0.2) is 0 Å². The molecule has 1 N–H and O–H groups in total. The summed E-state index contributed by atoms with van der Waals surface area (Å²) >= 11 is 0. The van der Waals surface area contributed by atoms with Crippen LogP contribution in [0.4, 0.5) is 0 Å². The average Bonchev–Trinajstić information content (AvgIpc) is 2.12. The van der Waals surface area contributed by atoms with Gasteiger partial charge in [0, 0.05) is 0 Å². The van der Waals surface area contributed by atoms with Gasteiger partial charge in [-0.25, -0.2) is 0 Å². The summed E-state index contributed by atoms with van der Waals surface area (Å²) in [6.07, 6.45) is 4.52. The zero-order chi connectivity index (χ0) is 5.40. The Morgan fingerprint density at radius 2 is 1.56 bits per heavy atom. The van der Waals surface area contributed by atoms with E-state index in [1.165, 1.54) is 32.4 Å². The van der Waals surface area contributed by atoms with E-state index in [1.807, 2.05) is 0 Å². The van der Waals surface area contributed by atoms with Gasteiger partial charge in [0.2, 0.25) is 0 Å². The fourth-order valence-corrected chi connectivity index (χ4v) is 2.04. The summed E-state index contributed by atoms with van der Waals surface area (Å²) < 4.78 is 0. The predicted molar refractivity (Wildman–Crippen MR) is 40.9 cm³/mol. The Morgan fingerprint density at radius 1 is 1.00 bits per heavy atom. The zero-order valence-corrected chi connectivity index (χ0v) is 6.41. The molecule has 2 fully saturated rings. The van der Waals surface area contributed by atoms with Crippen LogP contribution in [0.15, 0.2) is 0 Å². The third-order valence-electron chi connectivity index (χ3n) is 2.52. The highest BCUT2D eigenvalue weighted by atomic mass is 35.5. The Morgan fingerprint density at radius 3 is 2.00 bits per heavy atom. The Labute approximate surface area is 62.6 Å². The van der Waals surface area contributed by atoms with E-state index in [4.69, 9.17) is 0 Å². The second-order valence-electron chi connectivity index (χ2n) is 3.20. The fraction of sp³-hybridized carbons (Fsp3) is 1.00. The van der Waals surface area contributed by atoms with E-state index in [0.29, 0.717) is 0 Å². The first kappa shape index (κ1) is 7.36. The third-order valence-corrected chi connectivity index (χ3v) is 2.52. The van der Waals surface area contributed by atoms with Gasteiger partial charge in [-0.3, -0.25) is 0 Å². The second kappa shape index (κ2) is 2.89. The van der Waals surface area contributed by atoms with Crippen molar-refractivity contribution in [1.29, 1.82) is 0 Å². The van der Waals surface area contributed by atoms with E-state index in [2.05, 4.69) is 5.32 Å². The number of hydrogen-bond acceptors (Lipinski definition) is 1. The highest BCUT2D eigenvalue weighted by Crippen LogP contribution is 2.32. The zero-order valence-electron chi connectivity index (χ0n) is 5.60. The van der Waals surface area contributed by atoms with Crippen molar-refractivity contribution in [1.82, 2.24) is 5.32 Å². The number of fused-ring (bicyclic) bond motifs is 2. The molecule has 1 nitrogen and oxygen atoms in total. The molecule has 0 aromatic carbocycles. The Bertz CT molecular complexity index is 80.9. The van der Waals surface area contributed by atoms with Gasteiger partial charge in [0.05, 0.1) is 0 Å². The standard InChI is InChI=1S/C7H13N.ClH/c1-2-7-3-6(1)4-8-5-7;/h6-8H,1-5H2;1H/t6-,7+;. The lowest BCUT2D eigenvalue weighted by atomic mass is 10.0. The summed E-state index contributed by atoms with van der Waals surface area (Å²) in [7, 11) is 0. The quantitative estimate of drug-likeness (QED) is 0.547. The van der Waals surface area contributed by atoms with Crippen molar-refractivity contribution in [2.75, 3.05) is 13.1 Å². The number of nitrogens with one attached hydrogen (secondary N) is 1. The molecule has 2 bridgehead atoms. The summed E-state index contributed by atoms with van der Waals surface area (Å²) in [6.45, 7) is 2.60. The number of piperidine rings is 1. The second-order valence-corrected chi connectivity index (χ2v) is 3.20. The molecule has 0 aromatic rings. The topological polar surface area (TPSA) is 12.0 Å². The largest absolute Gasteiger partial charge is 0.316 e. The minimum Gasteiger partial charge on any atom is -0.316 e. The molecule has 1 aliphatic heterocycles. The van der Waals surface area contributed by atoms with Crippen LogP contribution in [0.3, 0.4) is 0 Å². The van der Waals surface area contributed by atoms with Crippen molar-refractivity contribution in [3.8, 4) is 0 Å². The Hall–Kier alpha value is 0.250. The van der Waals surface area contributed by atoms with Crippen LogP contribution in [0.2, 0.25) is 0 Å². The molecule has 2 atom stereocenters. The van der Waals surface area contributed by atoms with Gasteiger partial charge in [0.25, 0.3) is 0 Å². The van der Waals surface area contributed by atoms with Gasteiger partial charge in [-0.1, -0.05) is 0 Å². The highest BCUT2D eigenvalue weighted by Gasteiger charge is 2.27. The summed E-state index contributed by atoms with van der Waals surface area (Å²) in [5.41, 5.74) is 0. The van der Waals surface area contributed by atoms with Crippen LogP contribution in [0.25, 0.3) is 0 Å². The van der Waals surface area contributed by atoms with Crippen LogP contribution in [0, 0.1) is 11.8 Å². The van der Waals surface area contributed by atoms with Gasteiger partial charge < -0.3 is 5.32 Å². The molecule has 1 heterocycles. The first-order valence-electron chi connectivity index (χ1n) is 3.66. The molecule has 2 heteroatoms. The maximum Gasteiger partial charge on any atom is -0.00203 e. The molecule has 9 heavy (non-hydrogen) atoms. The summed E-state index contributed by atoms with van der Waals surface area (Å²) in [5, 5.41) is 3.45. The molecule has 1 saturated carbocycles. The summed E-state index contributed by atoms with van der Waals surface area (Å²) in [4.78, 5) is 0. The minimum absolute atomic E-state index is 0. The lowest BCUT2D eigenvalue weighted by Gasteiger charge is -2.18. The maximum absolute atomic E-state index is 3.45. The highest BCUT2D eigenvalue weighted by molar-refractivity contribution is 5.85. The van der Waals surface area contributed by atoms with Gasteiger partial charge in [-0.15, -0.1) is 12.4 Å². The van der Waals surface area contributed by atoms with Crippen LogP contribution in [-0.2, 0) is 0 Å². The molecule has 0 spiro atoms. The molecule has 2 rings (SSSR count). The number of hydrogen-bond donors (Lipinski definition) is 1. The maximum atomic E-state index is 3.45. The van der Waals surface area contributed by atoms with Crippen molar-refractivity contribution >= 4 is 12.4 Å². The molecule has 1 saturated heterocycles. The Kier molecular flexibility index (Phi) is 2.36. The summed E-state index contributed by atoms with van der Waals surface area (Å²) in [6, 6.07) is 0. The molecular formula is C7H14ClN. The van der Waals surface area contributed by atoms with E-state index in [-0.39, 0.29) is 12.4 Å². The van der Waals surface area contributed by atoms with E-state index in [1.54, 1.807) is 0 Å². The first-order valence-corrected chi connectivity index (χ1v) is 3.66.